The van der Waals surface area contributed by atoms with E-state index >= 15 is 0 Å². The molecule has 19 heavy (non-hydrogen) atoms. The van der Waals surface area contributed by atoms with Crippen molar-refractivity contribution in [2.24, 2.45) is 17.8 Å². The lowest BCUT2D eigenvalue weighted by Gasteiger charge is -2.20. The highest BCUT2D eigenvalue weighted by atomic mass is 16.4. The van der Waals surface area contributed by atoms with Crippen molar-refractivity contribution >= 4 is 12.0 Å². The number of carbonyl (C=O) groups excluding carboxylic acids is 1. The molecule has 0 aromatic rings. The van der Waals surface area contributed by atoms with Crippen LogP contribution in [0.1, 0.15) is 47.5 Å². The van der Waals surface area contributed by atoms with Crippen molar-refractivity contribution in [3.05, 3.63) is 0 Å². The lowest BCUT2D eigenvalue weighted by atomic mass is 9.96. The van der Waals surface area contributed by atoms with Crippen LogP contribution in [-0.4, -0.2) is 29.7 Å². The van der Waals surface area contributed by atoms with Crippen LogP contribution in [0, 0.1) is 17.8 Å². The molecule has 0 aliphatic heterocycles. The topological polar surface area (TPSA) is 78.4 Å². The summed E-state index contributed by atoms with van der Waals surface area (Å²) in [5.41, 5.74) is 0. The fourth-order valence-electron chi connectivity index (χ4n) is 1.91. The third-order valence-corrected chi connectivity index (χ3v) is 3.43. The first kappa shape index (κ1) is 17.7. The number of carboxylic acids is 1. The van der Waals surface area contributed by atoms with Crippen LogP contribution in [0.5, 0.6) is 0 Å². The molecule has 0 fully saturated rings. The quantitative estimate of drug-likeness (QED) is 0.635. The van der Waals surface area contributed by atoms with Crippen molar-refractivity contribution in [3.8, 4) is 0 Å². The Labute approximate surface area is 116 Å². The van der Waals surface area contributed by atoms with Crippen LogP contribution >= 0.6 is 0 Å². The Hall–Kier alpha value is -1.26. The fraction of sp³-hybridized carbons (Fsp3) is 0.857. The molecule has 112 valence electrons. The van der Waals surface area contributed by atoms with Gasteiger partial charge in [0.05, 0.1) is 5.92 Å². The molecule has 3 atom stereocenters. The first-order valence-electron chi connectivity index (χ1n) is 7.05. The molecule has 0 aliphatic rings. The average molecular weight is 272 g/mol. The van der Waals surface area contributed by atoms with Crippen molar-refractivity contribution in [2.75, 3.05) is 6.54 Å². The Kier molecular flexibility index (Phi) is 8.19. The number of rotatable bonds is 8. The standard InChI is InChI=1S/C14H28N2O3/c1-6-10(4)7-11(5)16-14(19)15-8-12(9(2)3)13(17)18/h9-12H,6-8H2,1-5H3,(H,17,18)(H2,15,16,19). The summed E-state index contributed by atoms with van der Waals surface area (Å²) in [7, 11) is 0. The molecule has 5 heteroatoms. The van der Waals surface area contributed by atoms with E-state index in [0.29, 0.717) is 5.92 Å². The van der Waals surface area contributed by atoms with Crippen molar-refractivity contribution in [1.29, 1.82) is 0 Å². The van der Waals surface area contributed by atoms with Crippen molar-refractivity contribution < 1.29 is 14.7 Å². The highest BCUT2D eigenvalue weighted by Crippen LogP contribution is 2.10. The number of urea groups is 1. The number of carbonyl (C=O) groups is 2. The number of amides is 2. The minimum absolute atomic E-state index is 0.00432. The predicted molar refractivity (Wildman–Crippen MR) is 76.0 cm³/mol. The maximum atomic E-state index is 11.7. The molecule has 0 saturated carbocycles. The number of carboxylic acid groups (broad SMARTS) is 1. The molecule has 3 unspecified atom stereocenters. The minimum atomic E-state index is -0.872. The molecule has 0 aromatic heterocycles. The summed E-state index contributed by atoms with van der Waals surface area (Å²) in [6.45, 7) is 10.1. The maximum absolute atomic E-state index is 11.7. The second-order valence-corrected chi connectivity index (χ2v) is 5.69. The van der Waals surface area contributed by atoms with Crippen LogP contribution in [0.2, 0.25) is 0 Å². The van der Waals surface area contributed by atoms with Crippen molar-refractivity contribution in [1.82, 2.24) is 10.6 Å². The number of hydrogen-bond acceptors (Lipinski definition) is 2. The van der Waals surface area contributed by atoms with Crippen LogP contribution in [0.3, 0.4) is 0 Å². The SMILES string of the molecule is CCC(C)CC(C)NC(=O)NCC(C(=O)O)C(C)C. The zero-order chi connectivity index (χ0) is 15.0. The van der Waals surface area contributed by atoms with Gasteiger partial charge in [-0.1, -0.05) is 34.1 Å². The molecule has 0 aliphatic carbocycles. The highest BCUT2D eigenvalue weighted by molar-refractivity contribution is 5.76. The number of nitrogens with one attached hydrogen (secondary N) is 2. The Bertz CT molecular complexity index is 292. The average Bonchev–Trinajstić information content (AvgIpc) is 2.27. The third-order valence-electron chi connectivity index (χ3n) is 3.43. The first-order chi connectivity index (χ1) is 8.77. The van der Waals surface area contributed by atoms with Gasteiger partial charge in [0.1, 0.15) is 0 Å². The summed E-state index contributed by atoms with van der Waals surface area (Å²) >= 11 is 0. The third kappa shape index (κ3) is 7.70. The Morgan fingerprint density at radius 3 is 2.16 bits per heavy atom. The fourth-order valence-corrected chi connectivity index (χ4v) is 1.91. The molecule has 0 bridgehead atoms. The van der Waals surface area contributed by atoms with Crippen LogP contribution in [-0.2, 0) is 4.79 Å². The van der Waals surface area contributed by atoms with Gasteiger partial charge in [0.2, 0.25) is 0 Å². The predicted octanol–water partition coefficient (Wildman–Crippen LogP) is 2.47. The summed E-state index contributed by atoms with van der Waals surface area (Å²) < 4.78 is 0. The molecular formula is C14H28N2O3. The van der Waals surface area contributed by atoms with E-state index in [2.05, 4.69) is 24.5 Å². The van der Waals surface area contributed by atoms with Crippen LogP contribution < -0.4 is 10.6 Å². The molecule has 0 heterocycles. The maximum Gasteiger partial charge on any atom is 0.315 e. The largest absolute Gasteiger partial charge is 0.481 e. The molecule has 0 spiro atoms. The number of hydrogen-bond donors (Lipinski definition) is 3. The summed E-state index contributed by atoms with van der Waals surface area (Å²) in [6.07, 6.45) is 2.01. The zero-order valence-corrected chi connectivity index (χ0v) is 12.7. The van der Waals surface area contributed by atoms with Gasteiger partial charge < -0.3 is 15.7 Å². The van der Waals surface area contributed by atoms with Gasteiger partial charge in [0.15, 0.2) is 0 Å². The second kappa shape index (κ2) is 8.77. The van der Waals surface area contributed by atoms with E-state index in [0.717, 1.165) is 12.8 Å². The van der Waals surface area contributed by atoms with E-state index < -0.39 is 11.9 Å². The smallest absolute Gasteiger partial charge is 0.315 e. The van der Waals surface area contributed by atoms with E-state index in [1.807, 2.05) is 20.8 Å². The van der Waals surface area contributed by atoms with Gasteiger partial charge in [-0.2, -0.15) is 0 Å². The monoisotopic (exact) mass is 272 g/mol. The molecule has 0 aromatic carbocycles. The van der Waals surface area contributed by atoms with E-state index in [4.69, 9.17) is 5.11 Å². The van der Waals surface area contributed by atoms with Crippen molar-refractivity contribution in [2.45, 2.75) is 53.5 Å². The molecule has 0 rings (SSSR count). The van der Waals surface area contributed by atoms with Crippen LogP contribution in [0.25, 0.3) is 0 Å². The van der Waals surface area contributed by atoms with Crippen LogP contribution in [0.15, 0.2) is 0 Å². The van der Waals surface area contributed by atoms with Crippen LogP contribution in [0.4, 0.5) is 4.79 Å². The Morgan fingerprint density at radius 1 is 1.16 bits per heavy atom. The summed E-state index contributed by atoms with van der Waals surface area (Å²) in [5, 5.41) is 14.5. The normalized spacial score (nSPS) is 15.7. The lowest BCUT2D eigenvalue weighted by molar-refractivity contribution is -0.142. The van der Waals surface area contributed by atoms with Gasteiger partial charge in [-0.05, 0) is 25.2 Å². The van der Waals surface area contributed by atoms with Gasteiger partial charge >= 0.3 is 12.0 Å². The van der Waals surface area contributed by atoms with E-state index in [9.17, 15) is 9.59 Å². The zero-order valence-electron chi connectivity index (χ0n) is 12.7. The highest BCUT2D eigenvalue weighted by Gasteiger charge is 2.22. The van der Waals surface area contributed by atoms with Gasteiger partial charge in [-0.15, -0.1) is 0 Å². The Balaban J connectivity index is 4.07. The molecule has 3 N–H and O–H groups in total. The van der Waals surface area contributed by atoms with E-state index in [1.165, 1.54) is 0 Å². The van der Waals surface area contributed by atoms with Gasteiger partial charge in [0, 0.05) is 12.6 Å². The molecule has 0 saturated heterocycles. The first-order valence-corrected chi connectivity index (χ1v) is 7.05. The lowest BCUT2D eigenvalue weighted by Crippen LogP contribution is -2.44. The molecular weight excluding hydrogens is 244 g/mol. The van der Waals surface area contributed by atoms with E-state index in [-0.39, 0.29) is 24.5 Å². The Morgan fingerprint density at radius 2 is 1.74 bits per heavy atom. The summed E-state index contributed by atoms with van der Waals surface area (Å²) in [6, 6.07) is -0.194. The van der Waals surface area contributed by atoms with Gasteiger partial charge in [-0.3, -0.25) is 4.79 Å². The molecule has 5 nitrogen and oxygen atoms in total. The summed E-state index contributed by atoms with van der Waals surface area (Å²) in [5.74, 6) is -0.855. The van der Waals surface area contributed by atoms with Gasteiger partial charge in [-0.25, -0.2) is 4.79 Å². The molecule has 0 radical (unpaired) electrons. The number of aliphatic carboxylic acids is 1. The van der Waals surface area contributed by atoms with Gasteiger partial charge in [0.25, 0.3) is 0 Å². The summed E-state index contributed by atoms with van der Waals surface area (Å²) in [4.78, 5) is 22.6. The second-order valence-electron chi connectivity index (χ2n) is 5.69. The minimum Gasteiger partial charge on any atom is -0.481 e. The van der Waals surface area contributed by atoms with E-state index in [1.54, 1.807) is 0 Å². The molecule has 2 amide bonds. The van der Waals surface area contributed by atoms with Crippen molar-refractivity contribution in [3.63, 3.8) is 0 Å².